The average Bonchev–Trinajstić information content (AvgIpc) is 2.14. The van der Waals surface area contributed by atoms with E-state index in [0.717, 1.165) is 0 Å². The van der Waals surface area contributed by atoms with E-state index < -0.39 is 39.1 Å². The summed E-state index contributed by atoms with van der Waals surface area (Å²) in [5.74, 6) is -1.09. The minimum atomic E-state index is -5.06. The van der Waals surface area contributed by atoms with Gasteiger partial charge in [-0.2, -0.15) is 13.2 Å². The summed E-state index contributed by atoms with van der Waals surface area (Å²) in [6.07, 6.45) is -8.62. The maximum absolute atomic E-state index is 12.4. The van der Waals surface area contributed by atoms with Crippen LogP contribution in [0.1, 0.15) is 17.7 Å². The summed E-state index contributed by atoms with van der Waals surface area (Å²) in [4.78, 5) is 11.9. The van der Waals surface area contributed by atoms with E-state index in [2.05, 4.69) is 20.9 Å². The first-order valence-corrected chi connectivity index (χ1v) is 4.64. The van der Waals surface area contributed by atoms with Crippen molar-refractivity contribution in [2.75, 3.05) is 0 Å². The lowest BCUT2D eigenvalue weighted by Gasteiger charge is -2.09. The molecular formula is C7H2BrF5N2O2. The summed E-state index contributed by atoms with van der Waals surface area (Å²) in [5, 5.41) is 10.3. The predicted molar refractivity (Wildman–Crippen MR) is 48.6 cm³/mol. The van der Waals surface area contributed by atoms with Crippen molar-refractivity contribution in [2.24, 2.45) is 0 Å². The molecule has 0 amide bonds. The quantitative estimate of drug-likeness (QED) is 0.474. The molecule has 0 fully saturated rings. The SMILES string of the molecule is O=[N+]([O-])c1nc(C(F)F)c(C(F)(F)F)cc1Br. The van der Waals surface area contributed by atoms with Crippen molar-refractivity contribution in [2.45, 2.75) is 12.6 Å². The first-order chi connectivity index (χ1) is 7.64. The standard InChI is InChI=1S/C7H2BrF5N2O2/c8-3-1-2(7(11,12)13)4(5(9)10)14-6(3)15(16)17/h1,5H. The Morgan fingerprint density at radius 3 is 2.29 bits per heavy atom. The fraction of sp³-hybridized carbons (Fsp3) is 0.286. The lowest BCUT2D eigenvalue weighted by Crippen LogP contribution is -2.12. The molecule has 0 unspecified atom stereocenters. The van der Waals surface area contributed by atoms with E-state index in [-0.39, 0.29) is 6.07 Å². The molecule has 0 bridgehead atoms. The van der Waals surface area contributed by atoms with Gasteiger partial charge in [0.2, 0.25) is 5.69 Å². The molecule has 0 saturated heterocycles. The molecule has 1 rings (SSSR count). The Kier molecular flexibility index (Phi) is 3.65. The molecule has 0 aliphatic heterocycles. The number of rotatable bonds is 2. The van der Waals surface area contributed by atoms with E-state index in [4.69, 9.17) is 0 Å². The Morgan fingerprint density at radius 2 is 1.94 bits per heavy atom. The van der Waals surface area contributed by atoms with Gasteiger partial charge in [-0.15, -0.1) is 0 Å². The van der Waals surface area contributed by atoms with Crippen molar-refractivity contribution in [1.29, 1.82) is 0 Å². The molecule has 10 heteroatoms. The third-order valence-corrected chi connectivity index (χ3v) is 2.26. The van der Waals surface area contributed by atoms with Gasteiger partial charge in [0.15, 0.2) is 0 Å². The summed E-state index contributed by atoms with van der Waals surface area (Å²) < 4.78 is 61.1. The summed E-state index contributed by atoms with van der Waals surface area (Å²) in [6.45, 7) is 0. The molecule has 0 atom stereocenters. The number of halogens is 6. The highest BCUT2D eigenvalue weighted by molar-refractivity contribution is 9.10. The van der Waals surface area contributed by atoms with Crippen molar-refractivity contribution in [3.8, 4) is 0 Å². The smallest absolute Gasteiger partial charge is 0.358 e. The summed E-state index contributed by atoms with van der Waals surface area (Å²) in [6, 6.07) is 0.215. The molecule has 0 spiro atoms. The van der Waals surface area contributed by atoms with Crippen LogP contribution in [0.5, 0.6) is 0 Å². The largest absolute Gasteiger partial charge is 0.420 e. The van der Waals surface area contributed by atoms with Crippen LogP contribution < -0.4 is 0 Å². The molecule has 0 radical (unpaired) electrons. The summed E-state index contributed by atoms with van der Waals surface area (Å²) >= 11 is 2.47. The van der Waals surface area contributed by atoms with Crippen molar-refractivity contribution in [3.63, 3.8) is 0 Å². The van der Waals surface area contributed by atoms with Crippen LogP contribution in [0.4, 0.5) is 27.8 Å². The number of hydrogen-bond donors (Lipinski definition) is 0. The third kappa shape index (κ3) is 2.87. The van der Waals surface area contributed by atoms with E-state index in [1.165, 1.54) is 0 Å². The highest BCUT2D eigenvalue weighted by Crippen LogP contribution is 2.39. The zero-order valence-corrected chi connectivity index (χ0v) is 9.22. The molecule has 0 N–H and O–H groups in total. The molecule has 0 aliphatic carbocycles. The van der Waals surface area contributed by atoms with Gasteiger partial charge in [0.05, 0.1) is 0 Å². The van der Waals surface area contributed by atoms with Crippen LogP contribution in [0.2, 0.25) is 0 Å². The predicted octanol–water partition coefficient (Wildman–Crippen LogP) is 3.71. The second kappa shape index (κ2) is 4.51. The minimum absolute atomic E-state index is 0.215. The average molecular weight is 321 g/mol. The van der Waals surface area contributed by atoms with Crippen LogP contribution in [-0.4, -0.2) is 9.91 Å². The number of pyridine rings is 1. The number of nitro groups is 1. The molecule has 94 valence electrons. The van der Waals surface area contributed by atoms with Crippen LogP contribution >= 0.6 is 15.9 Å². The highest BCUT2D eigenvalue weighted by Gasteiger charge is 2.41. The first-order valence-electron chi connectivity index (χ1n) is 3.84. The topological polar surface area (TPSA) is 56.0 Å². The van der Waals surface area contributed by atoms with Crippen LogP contribution in [0.15, 0.2) is 10.5 Å². The number of hydrogen-bond acceptors (Lipinski definition) is 3. The first kappa shape index (κ1) is 13.7. The van der Waals surface area contributed by atoms with Gasteiger partial charge < -0.3 is 10.1 Å². The third-order valence-electron chi connectivity index (χ3n) is 1.67. The molecule has 0 saturated carbocycles. The van der Waals surface area contributed by atoms with Gasteiger partial charge in [-0.05, 0) is 31.9 Å². The Balaban J connectivity index is 3.53. The number of alkyl halides is 5. The van der Waals surface area contributed by atoms with Gasteiger partial charge in [-0.25, -0.2) is 8.78 Å². The fourth-order valence-corrected chi connectivity index (χ4v) is 1.48. The van der Waals surface area contributed by atoms with E-state index in [9.17, 15) is 32.1 Å². The van der Waals surface area contributed by atoms with Gasteiger partial charge >= 0.3 is 18.4 Å². The Morgan fingerprint density at radius 1 is 1.41 bits per heavy atom. The van der Waals surface area contributed by atoms with Gasteiger partial charge in [0.1, 0.15) is 10.0 Å². The highest BCUT2D eigenvalue weighted by atomic mass is 79.9. The summed E-state index contributed by atoms with van der Waals surface area (Å²) in [5.41, 5.74) is -3.36. The van der Waals surface area contributed by atoms with Gasteiger partial charge in [-0.3, -0.25) is 0 Å². The Hall–Kier alpha value is -1.32. The molecule has 1 heterocycles. The molecule has 1 aromatic heterocycles. The van der Waals surface area contributed by atoms with Gasteiger partial charge in [0, 0.05) is 0 Å². The lowest BCUT2D eigenvalue weighted by molar-refractivity contribution is -0.390. The Labute approximate surface area is 98.7 Å². The molecular weight excluding hydrogens is 319 g/mol. The second-order valence-corrected chi connectivity index (χ2v) is 3.64. The molecule has 0 aromatic carbocycles. The van der Waals surface area contributed by atoms with Crippen LogP contribution in [0, 0.1) is 10.1 Å². The van der Waals surface area contributed by atoms with E-state index in [0.29, 0.717) is 0 Å². The van der Waals surface area contributed by atoms with Crippen LogP contribution in [0.3, 0.4) is 0 Å². The van der Waals surface area contributed by atoms with Crippen molar-refractivity contribution in [3.05, 3.63) is 31.9 Å². The zero-order chi connectivity index (χ0) is 13.4. The zero-order valence-electron chi connectivity index (χ0n) is 7.63. The molecule has 17 heavy (non-hydrogen) atoms. The normalized spacial score (nSPS) is 11.9. The van der Waals surface area contributed by atoms with Crippen molar-refractivity contribution in [1.82, 2.24) is 4.98 Å². The fourth-order valence-electron chi connectivity index (χ4n) is 1.01. The van der Waals surface area contributed by atoms with Gasteiger partial charge in [-0.1, -0.05) is 0 Å². The second-order valence-electron chi connectivity index (χ2n) is 2.78. The molecule has 0 aliphatic rings. The minimum Gasteiger partial charge on any atom is -0.358 e. The lowest BCUT2D eigenvalue weighted by atomic mass is 10.2. The van der Waals surface area contributed by atoms with E-state index >= 15 is 0 Å². The monoisotopic (exact) mass is 320 g/mol. The Bertz CT molecular complexity index is 462. The number of nitrogens with zero attached hydrogens (tertiary/aromatic N) is 2. The van der Waals surface area contributed by atoms with E-state index in [1.807, 2.05) is 0 Å². The van der Waals surface area contributed by atoms with Crippen LogP contribution in [0.25, 0.3) is 0 Å². The summed E-state index contributed by atoms with van der Waals surface area (Å²) in [7, 11) is 0. The maximum Gasteiger partial charge on any atom is 0.420 e. The van der Waals surface area contributed by atoms with Crippen molar-refractivity contribution < 1.29 is 26.9 Å². The van der Waals surface area contributed by atoms with E-state index in [1.54, 1.807) is 0 Å². The van der Waals surface area contributed by atoms with Gasteiger partial charge in [0.25, 0.3) is 0 Å². The van der Waals surface area contributed by atoms with Crippen LogP contribution in [-0.2, 0) is 6.18 Å². The molecule has 4 nitrogen and oxygen atoms in total. The van der Waals surface area contributed by atoms with Crippen molar-refractivity contribution >= 4 is 21.7 Å². The maximum atomic E-state index is 12.4. The number of aromatic nitrogens is 1. The molecule has 1 aromatic rings.